The lowest BCUT2D eigenvalue weighted by molar-refractivity contribution is -0.115. The smallest absolute Gasteiger partial charge is 0.261 e. The number of amides is 2. The van der Waals surface area contributed by atoms with E-state index in [1.165, 1.54) is 11.3 Å². The summed E-state index contributed by atoms with van der Waals surface area (Å²) in [5, 5.41) is 4.38. The standard InChI is InChI=1S/C13H8BrF3N2O2S/c14-9-4-3-8(22-9)13(21)18-5-10(20)19-7-2-1-6(15)11(16)12(7)17/h1-4H,5H2,(H,18,21)(H,19,20). The Kier molecular flexibility index (Phi) is 5.19. The van der Waals surface area contributed by atoms with Crippen LogP contribution in [0.25, 0.3) is 0 Å². The summed E-state index contributed by atoms with van der Waals surface area (Å²) in [6, 6.07) is 4.83. The van der Waals surface area contributed by atoms with Crippen molar-refractivity contribution < 1.29 is 22.8 Å². The minimum absolute atomic E-state index is 0.388. The molecule has 116 valence electrons. The molecule has 0 spiro atoms. The highest BCUT2D eigenvalue weighted by atomic mass is 79.9. The van der Waals surface area contributed by atoms with Crippen LogP contribution < -0.4 is 10.6 Å². The zero-order valence-corrected chi connectivity index (χ0v) is 13.2. The van der Waals surface area contributed by atoms with Gasteiger partial charge in [-0.3, -0.25) is 9.59 Å². The van der Waals surface area contributed by atoms with Gasteiger partial charge in [0.2, 0.25) is 5.91 Å². The predicted molar refractivity (Wildman–Crippen MR) is 79.3 cm³/mol. The summed E-state index contributed by atoms with van der Waals surface area (Å²) in [6.45, 7) is -0.438. The molecule has 2 aromatic rings. The fourth-order valence-electron chi connectivity index (χ4n) is 1.50. The summed E-state index contributed by atoms with van der Waals surface area (Å²) >= 11 is 4.38. The Bertz CT molecular complexity index is 736. The Morgan fingerprint density at radius 3 is 2.45 bits per heavy atom. The van der Waals surface area contributed by atoms with Gasteiger partial charge in [-0.25, -0.2) is 13.2 Å². The summed E-state index contributed by atoms with van der Waals surface area (Å²) in [5.74, 6) is -5.77. The topological polar surface area (TPSA) is 58.2 Å². The number of nitrogens with one attached hydrogen (secondary N) is 2. The van der Waals surface area contributed by atoms with E-state index in [2.05, 4.69) is 21.2 Å². The van der Waals surface area contributed by atoms with E-state index < -0.39 is 41.5 Å². The van der Waals surface area contributed by atoms with Gasteiger partial charge >= 0.3 is 0 Å². The van der Waals surface area contributed by atoms with E-state index >= 15 is 0 Å². The van der Waals surface area contributed by atoms with Crippen LogP contribution in [0.15, 0.2) is 28.1 Å². The van der Waals surface area contributed by atoms with E-state index in [0.29, 0.717) is 10.9 Å². The molecule has 9 heteroatoms. The molecule has 0 saturated carbocycles. The largest absolute Gasteiger partial charge is 0.342 e. The van der Waals surface area contributed by atoms with Crippen LogP contribution in [0.1, 0.15) is 9.67 Å². The maximum absolute atomic E-state index is 13.4. The van der Waals surface area contributed by atoms with E-state index in [4.69, 9.17) is 0 Å². The van der Waals surface area contributed by atoms with Crippen molar-refractivity contribution in [2.75, 3.05) is 11.9 Å². The van der Waals surface area contributed by atoms with Crippen LogP contribution in [0.4, 0.5) is 18.9 Å². The van der Waals surface area contributed by atoms with E-state index in [0.717, 1.165) is 9.85 Å². The average molecular weight is 393 g/mol. The molecule has 2 N–H and O–H groups in total. The lowest BCUT2D eigenvalue weighted by atomic mass is 10.2. The quantitative estimate of drug-likeness (QED) is 0.784. The zero-order chi connectivity index (χ0) is 16.3. The molecule has 1 aromatic heterocycles. The first-order valence-corrected chi connectivity index (χ1v) is 7.46. The zero-order valence-electron chi connectivity index (χ0n) is 10.8. The molecule has 0 aliphatic carbocycles. The highest BCUT2D eigenvalue weighted by molar-refractivity contribution is 9.11. The van der Waals surface area contributed by atoms with E-state index in [1.54, 1.807) is 12.1 Å². The van der Waals surface area contributed by atoms with Gasteiger partial charge in [-0.15, -0.1) is 11.3 Å². The number of thiophene rings is 1. The van der Waals surface area contributed by atoms with Gasteiger partial charge in [-0.1, -0.05) is 0 Å². The molecule has 4 nitrogen and oxygen atoms in total. The Morgan fingerprint density at radius 2 is 1.82 bits per heavy atom. The van der Waals surface area contributed by atoms with Crippen LogP contribution in [0.3, 0.4) is 0 Å². The molecule has 0 aliphatic heterocycles. The highest BCUT2D eigenvalue weighted by Crippen LogP contribution is 2.22. The Hall–Kier alpha value is -1.87. The maximum Gasteiger partial charge on any atom is 0.261 e. The molecule has 0 fully saturated rings. The van der Waals surface area contributed by atoms with Gasteiger partial charge in [0.1, 0.15) is 0 Å². The van der Waals surface area contributed by atoms with Crippen molar-refractivity contribution in [2.45, 2.75) is 0 Å². The third kappa shape index (κ3) is 3.86. The second-order valence-electron chi connectivity index (χ2n) is 4.06. The van der Waals surface area contributed by atoms with Crippen molar-refractivity contribution in [1.82, 2.24) is 5.32 Å². The monoisotopic (exact) mass is 392 g/mol. The SMILES string of the molecule is O=C(CNC(=O)c1ccc(Br)s1)Nc1ccc(F)c(F)c1F. The van der Waals surface area contributed by atoms with Gasteiger partial charge in [-0.2, -0.15) is 0 Å². The molecule has 0 atom stereocenters. The Morgan fingerprint density at radius 1 is 1.09 bits per heavy atom. The van der Waals surface area contributed by atoms with Crippen molar-refractivity contribution in [3.05, 3.63) is 50.4 Å². The lowest BCUT2D eigenvalue weighted by Gasteiger charge is -2.08. The van der Waals surface area contributed by atoms with Crippen molar-refractivity contribution in [3.63, 3.8) is 0 Å². The van der Waals surface area contributed by atoms with Crippen LogP contribution in [-0.4, -0.2) is 18.4 Å². The van der Waals surface area contributed by atoms with Crippen molar-refractivity contribution >= 4 is 44.8 Å². The van der Waals surface area contributed by atoms with Crippen molar-refractivity contribution in [1.29, 1.82) is 0 Å². The maximum atomic E-state index is 13.4. The molecule has 0 radical (unpaired) electrons. The summed E-state index contributed by atoms with van der Waals surface area (Å²) in [7, 11) is 0. The molecule has 0 aliphatic rings. The van der Waals surface area contributed by atoms with E-state index in [-0.39, 0.29) is 0 Å². The second-order valence-corrected chi connectivity index (χ2v) is 6.52. The molecule has 1 heterocycles. The number of benzene rings is 1. The average Bonchev–Trinajstić information content (AvgIpc) is 2.92. The third-order valence-electron chi connectivity index (χ3n) is 2.52. The normalized spacial score (nSPS) is 10.4. The number of hydrogen-bond acceptors (Lipinski definition) is 3. The van der Waals surface area contributed by atoms with Gasteiger partial charge in [0, 0.05) is 0 Å². The molecule has 2 rings (SSSR count). The molecule has 2 amide bonds. The molecule has 0 unspecified atom stereocenters. The Balaban J connectivity index is 1.94. The summed E-state index contributed by atoms with van der Waals surface area (Å²) in [4.78, 5) is 23.7. The number of carbonyl (C=O) groups is 2. The van der Waals surface area contributed by atoms with E-state index in [1.807, 2.05) is 5.32 Å². The minimum atomic E-state index is -1.68. The van der Waals surface area contributed by atoms with Gasteiger partial charge in [0.15, 0.2) is 17.5 Å². The van der Waals surface area contributed by atoms with Crippen LogP contribution in [0.2, 0.25) is 0 Å². The molecule has 0 bridgehead atoms. The number of halogens is 4. The second kappa shape index (κ2) is 6.93. The summed E-state index contributed by atoms with van der Waals surface area (Å²) in [5.41, 5.74) is -0.503. The third-order valence-corrected chi connectivity index (χ3v) is 4.14. The number of rotatable bonds is 4. The molecule has 22 heavy (non-hydrogen) atoms. The molecule has 1 aromatic carbocycles. The Labute approximate surface area is 135 Å². The van der Waals surface area contributed by atoms with E-state index in [9.17, 15) is 22.8 Å². The summed E-state index contributed by atoms with van der Waals surface area (Å²) < 4.78 is 39.9. The van der Waals surface area contributed by atoms with Gasteiger partial charge in [-0.05, 0) is 40.2 Å². The highest BCUT2D eigenvalue weighted by Gasteiger charge is 2.16. The minimum Gasteiger partial charge on any atom is -0.342 e. The predicted octanol–water partition coefficient (Wildman–Crippen LogP) is 3.30. The van der Waals surface area contributed by atoms with Crippen molar-refractivity contribution in [2.24, 2.45) is 0 Å². The first-order chi connectivity index (χ1) is 10.4. The first-order valence-electron chi connectivity index (χ1n) is 5.85. The first kappa shape index (κ1) is 16.5. The lowest BCUT2D eigenvalue weighted by Crippen LogP contribution is -2.32. The van der Waals surface area contributed by atoms with Gasteiger partial charge < -0.3 is 10.6 Å². The molecular formula is C13H8BrF3N2O2S. The fourth-order valence-corrected chi connectivity index (χ4v) is 2.80. The number of anilines is 1. The van der Waals surface area contributed by atoms with Crippen LogP contribution in [0, 0.1) is 17.5 Å². The van der Waals surface area contributed by atoms with Crippen LogP contribution in [0.5, 0.6) is 0 Å². The molecule has 0 saturated heterocycles. The number of carbonyl (C=O) groups excluding carboxylic acids is 2. The van der Waals surface area contributed by atoms with Crippen molar-refractivity contribution in [3.8, 4) is 0 Å². The fraction of sp³-hybridized carbons (Fsp3) is 0.0769. The van der Waals surface area contributed by atoms with Gasteiger partial charge in [0.25, 0.3) is 5.91 Å². The summed E-state index contributed by atoms with van der Waals surface area (Å²) in [6.07, 6.45) is 0. The van der Waals surface area contributed by atoms with Crippen LogP contribution in [-0.2, 0) is 4.79 Å². The molecular weight excluding hydrogens is 385 g/mol. The van der Waals surface area contributed by atoms with Gasteiger partial charge in [0.05, 0.1) is 20.9 Å². The number of hydrogen-bond donors (Lipinski definition) is 2. The van der Waals surface area contributed by atoms with Crippen LogP contribution >= 0.6 is 27.3 Å².